The smallest absolute Gasteiger partial charge is 0.550 e. The van der Waals surface area contributed by atoms with Gasteiger partial charge in [-0.3, -0.25) is 4.79 Å². The molecule has 0 saturated carbocycles. The topological polar surface area (TPSA) is 66.4 Å². The Morgan fingerprint density at radius 2 is 1.86 bits per heavy atom. The Kier molecular flexibility index (Phi) is 6.97. The van der Waals surface area contributed by atoms with Crippen molar-refractivity contribution in [2.75, 3.05) is 7.11 Å². The fraction of sp³-hybridized carbons (Fsp3) is 0.778. The third-order valence-corrected chi connectivity index (χ3v) is 2.42. The van der Waals surface area contributed by atoms with Crippen LogP contribution in [0.2, 0.25) is 0 Å². The first-order valence-electron chi connectivity index (χ1n) is 4.10. The van der Waals surface area contributed by atoms with Gasteiger partial charge in [-0.2, -0.15) is 0 Å². The largest absolute Gasteiger partial charge is 1.00 e. The van der Waals surface area contributed by atoms with E-state index in [-0.39, 0.29) is 31.2 Å². The first kappa shape index (κ1) is 16.0. The van der Waals surface area contributed by atoms with Crippen molar-refractivity contribution in [3.63, 3.8) is 0 Å². The number of carbonyl (C=O) groups excluding carboxylic acids is 2. The fourth-order valence-electron chi connectivity index (χ4n) is 0.969. The molecule has 0 aliphatic heterocycles. The maximum atomic E-state index is 11.2. The first-order chi connectivity index (χ1) is 5.82. The van der Waals surface area contributed by atoms with Crippen molar-refractivity contribution in [3.05, 3.63) is 0 Å². The zero-order chi connectivity index (χ0) is 10.6. The van der Waals surface area contributed by atoms with Gasteiger partial charge in [-0.25, -0.2) is 0 Å². The van der Waals surface area contributed by atoms with E-state index in [0.717, 1.165) is 0 Å². The molecule has 0 radical (unpaired) electrons. The van der Waals surface area contributed by atoms with Gasteiger partial charge >= 0.3 is 24.8 Å². The average Bonchev–Trinajstić information content (AvgIpc) is 2.01. The Hall–Kier alpha value is -0.463. The predicted molar refractivity (Wildman–Crippen MR) is 44.6 cm³/mol. The van der Waals surface area contributed by atoms with Crippen LogP contribution in [0.1, 0.15) is 27.2 Å². The van der Waals surface area contributed by atoms with Crippen LogP contribution in [0.5, 0.6) is 0 Å². The molecule has 4 nitrogen and oxygen atoms in total. The molecule has 0 saturated heterocycles. The Bertz CT molecular complexity index is 213. The molecule has 1 atom stereocenters. The monoisotopic (exact) mass is 194 g/mol. The number of carboxylic acids is 1. The molecule has 0 N–H and O–H groups in total. The van der Waals surface area contributed by atoms with Crippen LogP contribution in [-0.4, -0.2) is 19.0 Å². The number of aliphatic carboxylic acids is 1. The Morgan fingerprint density at radius 1 is 1.43 bits per heavy atom. The van der Waals surface area contributed by atoms with Crippen LogP contribution in [0.3, 0.4) is 0 Å². The van der Waals surface area contributed by atoms with Crippen molar-refractivity contribution in [1.29, 1.82) is 0 Å². The molecule has 1 unspecified atom stereocenters. The molecule has 0 rings (SSSR count). The van der Waals surface area contributed by atoms with E-state index in [1.165, 1.54) is 7.11 Å². The van der Waals surface area contributed by atoms with Gasteiger partial charge in [-0.05, 0) is 26.2 Å². The van der Waals surface area contributed by atoms with Crippen molar-refractivity contribution in [2.45, 2.75) is 27.2 Å². The Morgan fingerprint density at radius 3 is 2.14 bits per heavy atom. The normalized spacial score (nSPS) is 12.6. The molecule has 76 valence electrons. The van der Waals surface area contributed by atoms with Crippen LogP contribution in [-0.2, 0) is 14.3 Å². The summed E-state index contributed by atoms with van der Waals surface area (Å²) in [6, 6.07) is 0. The van der Waals surface area contributed by atoms with Crippen LogP contribution in [0.15, 0.2) is 0 Å². The average molecular weight is 194 g/mol. The van der Waals surface area contributed by atoms with Gasteiger partial charge in [0.15, 0.2) is 0 Å². The molecule has 0 heterocycles. The molecule has 0 amide bonds. The number of carboxylic acid groups (broad SMARTS) is 1. The Labute approximate surface area is 96.2 Å². The van der Waals surface area contributed by atoms with Crippen LogP contribution in [0.25, 0.3) is 0 Å². The van der Waals surface area contributed by atoms with Gasteiger partial charge in [-0.15, -0.1) is 0 Å². The molecule has 0 fully saturated rings. The van der Waals surface area contributed by atoms with E-state index in [2.05, 4.69) is 4.74 Å². The molecule has 0 bridgehead atoms. The molecule has 5 heteroatoms. The van der Waals surface area contributed by atoms with Gasteiger partial charge in [0, 0.05) is 5.97 Å². The van der Waals surface area contributed by atoms with E-state index in [1.54, 1.807) is 20.8 Å². The number of hydrogen-bond donors (Lipinski definition) is 0. The van der Waals surface area contributed by atoms with Crippen LogP contribution < -0.4 is 24.0 Å². The summed E-state index contributed by atoms with van der Waals surface area (Å²) < 4.78 is 4.57. The van der Waals surface area contributed by atoms with E-state index < -0.39 is 17.4 Å². The molecule has 0 aromatic carbocycles. The summed E-state index contributed by atoms with van der Waals surface area (Å²) in [7, 11) is 1.29. The summed E-state index contributed by atoms with van der Waals surface area (Å²) in [4.78, 5) is 21.5. The maximum Gasteiger partial charge on any atom is 1.00 e. The minimum Gasteiger partial charge on any atom is -0.550 e. The summed E-state index contributed by atoms with van der Waals surface area (Å²) >= 11 is 0. The molecule has 0 aliphatic carbocycles. The van der Waals surface area contributed by atoms with Gasteiger partial charge in [0.1, 0.15) is 0 Å². The summed E-state index contributed by atoms with van der Waals surface area (Å²) in [5.74, 6) is -1.85. The van der Waals surface area contributed by atoms with Crippen molar-refractivity contribution < 1.29 is 38.3 Å². The van der Waals surface area contributed by atoms with Crippen LogP contribution in [0.4, 0.5) is 0 Å². The minimum absolute atomic E-state index is 0. The Balaban J connectivity index is 0. The van der Waals surface area contributed by atoms with Gasteiger partial charge in [0.2, 0.25) is 0 Å². The van der Waals surface area contributed by atoms with Crippen molar-refractivity contribution >= 4 is 11.9 Å². The van der Waals surface area contributed by atoms with Crippen LogP contribution >= 0.6 is 0 Å². The molecular weight excluding hydrogens is 179 g/mol. The molecule has 0 aliphatic rings. The predicted octanol–water partition coefficient (Wildman–Crippen LogP) is -3.03. The number of carbonyl (C=O) groups is 2. The molecule has 0 aromatic rings. The van der Waals surface area contributed by atoms with E-state index in [4.69, 9.17) is 0 Å². The zero-order valence-electron chi connectivity index (χ0n) is 9.42. The third-order valence-electron chi connectivity index (χ3n) is 2.42. The second-order valence-electron chi connectivity index (χ2n) is 3.69. The minimum atomic E-state index is -1.15. The standard InChI is InChI=1S/C9H16O4.Li/c1-6(5-7(10)11)9(2,3)8(12)13-4;/h6H,5H2,1-4H3,(H,10,11);/q;+1/p-1. The number of ether oxygens (including phenoxy) is 1. The maximum absolute atomic E-state index is 11.2. The summed E-state index contributed by atoms with van der Waals surface area (Å²) in [6.45, 7) is 5.01. The molecule has 0 spiro atoms. The van der Waals surface area contributed by atoms with Crippen molar-refractivity contribution in [2.24, 2.45) is 11.3 Å². The zero-order valence-corrected chi connectivity index (χ0v) is 9.42. The molecular formula is C9H15LiO4. The van der Waals surface area contributed by atoms with Gasteiger partial charge in [0.05, 0.1) is 12.5 Å². The summed E-state index contributed by atoms with van der Waals surface area (Å²) in [6.07, 6.45) is -0.137. The van der Waals surface area contributed by atoms with Gasteiger partial charge in [-0.1, -0.05) is 6.92 Å². The molecule has 0 aromatic heterocycles. The second kappa shape index (κ2) is 6.10. The first-order valence-corrected chi connectivity index (χ1v) is 4.10. The summed E-state index contributed by atoms with van der Waals surface area (Å²) in [5, 5.41) is 10.3. The fourth-order valence-corrected chi connectivity index (χ4v) is 0.969. The third kappa shape index (κ3) is 4.17. The number of esters is 1. The van der Waals surface area contributed by atoms with Gasteiger partial charge in [0.25, 0.3) is 0 Å². The SMILES string of the molecule is COC(=O)C(C)(C)C(C)CC(=O)[O-].[Li+]. The number of hydrogen-bond acceptors (Lipinski definition) is 4. The second-order valence-corrected chi connectivity index (χ2v) is 3.69. The number of methoxy groups -OCH3 is 1. The van der Waals surface area contributed by atoms with Gasteiger partial charge < -0.3 is 14.6 Å². The molecule has 14 heavy (non-hydrogen) atoms. The quantitative estimate of drug-likeness (QED) is 0.352. The van der Waals surface area contributed by atoms with E-state index in [0.29, 0.717) is 0 Å². The van der Waals surface area contributed by atoms with E-state index in [9.17, 15) is 14.7 Å². The van der Waals surface area contributed by atoms with E-state index in [1.807, 2.05) is 0 Å². The number of rotatable bonds is 4. The van der Waals surface area contributed by atoms with Crippen LogP contribution in [0, 0.1) is 11.3 Å². The summed E-state index contributed by atoms with van der Waals surface area (Å²) in [5.41, 5.74) is -0.783. The van der Waals surface area contributed by atoms with Crippen molar-refractivity contribution in [1.82, 2.24) is 0 Å². The van der Waals surface area contributed by atoms with E-state index >= 15 is 0 Å². The van der Waals surface area contributed by atoms with Crippen molar-refractivity contribution in [3.8, 4) is 0 Å².